The molecule has 0 bridgehead atoms. The van der Waals surface area contributed by atoms with Gasteiger partial charge in [0.15, 0.2) is 0 Å². The zero-order valence-corrected chi connectivity index (χ0v) is 12.2. The molecule has 0 aliphatic heterocycles. The predicted octanol–water partition coefficient (Wildman–Crippen LogP) is 3.88. The van der Waals surface area contributed by atoms with Gasteiger partial charge in [-0.15, -0.1) is 0 Å². The molecule has 1 fully saturated rings. The molecule has 0 heterocycles. The Hall–Kier alpha value is -0.0800. The zero-order valence-electron chi connectivity index (χ0n) is 12.2. The van der Waals surface area contributed by atoms with E-state index in [4.69, 9.17) is 10.5 Å². The van der Waals surface area contributed by atoms with Crippen LogP contribution in [0.25, 0.3) is 0 Å². The van der Waals surface area contributed by atoms with Crippen LogP contribution >= 0.6 is 0 Å². The number of ether oxygens (including phenoxy) is 1. The van der Waals surface area contributed by atoms with Crippen LogP contribution in [-0.2, 0) is 4.74 Å². The van der Waals surface area contributed by atoms with Crippen molar-refractivity contribution in [2.45, 2.75) is 84.3 Å². The summed E-state index contributed by atoms with van der Waals surface area (Å²) in [5.74, 6) is 0. The number of rotatable bonds is 5. The second-order valence-electron chi connectivity index (χ2n) is 6.76. The van der Waals surface area contributed by atoms with Crippen molar-refractivity contribution in [3.05, 3.63) is 0 Å². The summed E-state index contributed by atoms with van der Waals surface area (Å²) in [6.45, 7) is 9.74. The lowest BCUT2D eigenvalue weighted by Gasteiger charge is -2.42. The van der Waals surface area contributed by atoms with Gasteiger partial charge in [-0.3, -0.25) is 0 Å². The Morgan fingerprint density at radius 3 is 2.24 bits per heavy atom. The Morgan fingerprint density at radius 1 is 1.18 bits per heavy atom. The van der Waals surface area contributed by atoms with Gasteiger partial charge in [0.25, 0.3) is 0 Å². The van der Waals surface area contributed by atoms with E-state index >= 15 is 0 Å². The molecule has 0 aromatic carbocycles. The van der Waals surface area contributed by atoms with E-state index in [2.05, 4.69) is 27.7 Å². The van der Waals surface area contributed by atoms with Gasteiger partial charge < -0.3 is 10.5 Å². The van der Waals surface area contributed by atoms with Gasteiger partial charge in [0.2, 0.25) is 0 Å². The summed E-state index contributed by atoms with van der Waals surface area (Å²) in [5, 5.41) is 0. The van der Waals surface area contributed by atoms with Gasteiger partial charge in [-0.1, -0.05) is 40.0 Å². The van der Waals surface area contributed by atoms with E-state index in [-0.39, 0.29) is 11.6 Å². The molecule has 1 rings (SSSR count). The fraction of sp³-hybridized carbons (Fsp3) is 1.00. The van der Waals surface area contributed by atoms with E-state index in [1.54, 1.807) is 0 Å². The van der Waals surface area contributed by atoms with Crippen molar-refractivity contribution in [1.29, 1.82) is 0 Å². The molecule has 0 radical (unpaired) electrons. The number of hydrogen-bond acceptors (Lipinski definition) is 2. The van der Waals surface area contributed by atoms with E-state index in [1.807, 2.05) is 0 Å². The summed E-state index contributed by atoms with van der Waals surface area (Å²) >= 11 is 0. The quantitative estimate of drug-likeness (QED) is 0.793. The first kappa shape index (κ1) is 15.0. The van der Waals surface area contributed by atoms with Crippen LogP contribution in [0.15, 0.2) is 0 Å². The molecule has 2 N–H and O–H groups in total. The third kappa shape index (κ3) is 4.59. The largest absolute Gasteiger partial charge is 0.374 e. The average Bonchev–Trinajstić information content (AvgIpc) is 2.26. The maximum absolute atomic E-state index is 6.45. The molecule has 0 saturated heterocycles. The van der Waals surface area contributed by atoms with Crippen molar-refractivity contribution in [3.8, 4) is 0 Å². The Bertz CT molecular complexity index is 208. The number of nitrogens with two attached hydrogens (primary N) is 1. The Balaban J connectivity index is 2.56. The maximum Gasteiger partial charge on any atom is 0.0832 e. The van der Waals surface area contributed by atoms with E-state index in [0.29, 0.717) is 5.41 Å². The van der Waals surface area contributed by atoms with E-state index in [1.165, 1.54) is 25.7 Å². The van der Waals surface area contributed by atoms with E-state index in [0.717, 1.165) is 25.9 Å². The third-order valence-electron chi connectivity index (χ3n) is 4.01. The second-order valence-corrected chi connectivity index (χ2v) is 6.76. The highest BCUT2D eigenvalue weighted by molar-refractivity contribution is 4.94. The minimum absolute atomic E-state index is 0.0156. The summed E-state index contributed by atoms with van der Waals surface area (Å²) in [4.78, 5) is 0. The molecule has 0 spiro atoms. The van der Waals surface area contributed by atoms with Crippen LogP contribution < -0.4 is 5.73 Å². The standard InChI is InChI=1S/C15H31NO/c1-5-17-15(10-7-6-8-11-15)13(16)9-12-14(2,3)4/h13H,5-12,16H2,1-4H3. The summed E-state index contributed by atoms with van der Waals surface area (Å²) < 4.78 is 6.07. The molecule has 2 heteroatoms. The van der Waals surface area contributed by atoms with Gasteiger partial charge in [0.05, 0.1) is 5.60 Å². The van der Waals surface area contributed by atoms with Crippen LogP contribution in [0, 0.1) is 5.41 Å². The van der Waals surface area contributed by atoms with E-state index in [9.17, 15) is 0 Å². The summed E-state index contributed by atoms with van der Waals surface area (Å²) in [6, 6.07) is 0.210. The highest BCUT2D eigenvalue weighted by atomic mass is 16.5. The van der Waals surface area contributed by atoms with Crippen LogP contribution in [0.4, 0.5) is 0 Å². The molecule has 102 valence electrons. The summed E-state index contributed by atoms with van der Waals surface area (Å²) in [5.41, 5.74) is 6.81. The molecule has 0 aromatic heterocycles. The zero-order chi connectivity index (χ0) is 12.9. The number of hydrogen-bond donors (Lipinski definition) is 1. The minimum Gasteiger partial charge on any atom is -0.374 e. The second kappa shape index (κ2) is 6.19. The SMILES string of the molecule is CCOC1(C(N)CCC(C)(C)C)CCCCC1. The van der Waals surface area contributed by atoms with Gasteiger partial charge in [0.1, 0.15) is 0 Å². The Labute approximate surface area is 107 Å². The lowest BCUT2D eigenvalue weighted by Crippen LogP contribution is -2.51. The first-order chi connectivity index (χ1) is 7.90. The van der Waals surface area contributed by atoms with Crippen molar-refractivity contribution in [1.82, 2.24) is 0 Å². The molecule has 1 atom stereocenters. The molecule has 1 aliphatic rings. The first-order valence-electron chi connectivity index (χ1n) is 7.29. The molecular formula is C15H31NO. The summed E-state index contributed by atoms with van der Waals surface area (Å²) in [6.07, 6.45) is 8.50. The molecule has 1 unspecified atom stereocenters. The molecular weight excluding hydrogens is 210 g/mol. The van der Waals surface area contributed by atoms with Crippen molar-refractivity contribution in [3.63, 3.8) is 0 Å². The fourth-order valence-corrected chi connectivity index (χ4v) is 2.91. The van der Waals surface area contributed by atoms with Crippen LogP contribution in [0.2, 0.25) is 0 Å². The van der Waals surface area contributed by atoms with E-state index < -0.39 is 0 Å². The van der Waals surface area contributed by atoms with Crippen LogP contribution in [-0.4, -0.2) is 18.2 Å². The Kier molecular flexibility index (Phi) is 5.46. The monoisotopic (exact) mass is 241 g/mol. The lowest BCUT2D eigenvalue weighted by atomic mass is 9.76. The molecule has 0 amide bonds. The first-order valence-corrected chi connectivity index (χ1v) is 7.29. The molecule has 2 nitrogen and oxygen atoms in total. The van der Waals surface area contributed by atoms with Gasteiger partial charge in [0, 0.05) is 12.6 Å². The smallest absolute Gasteiger partial charge is 0.0832 e. The summed E-state index contributed by atoms with van der Waals surface area (Å²) in [7, 11) is 0. The van der Waals surface area contributed by atoms with Gasteiger partial charge in [-0.05, 0) is 38.0 Å². The van der Waals surface area contributed by atoms with Gasteiger partial charge in [-0.2, -0.15) is 0 Å². The topological polar surface area (TPSA) is 35.2 Å². The van der Waals surface area contributed by atoms with Crippen molar-refractivity contribution in [2.75, 3.05) is 6.61 Å². The van der Waals surface area contributed by atoms with Crippen LogP contribution in [0.5, 0.6) is 0 Å². The molecule has 0 aromatic rings. The Morgan fingerprint density at radius 2 is 1.76 bits per heavy atom. The molecule has 17 heavy (non-hydrogen) atoms. The van der Waals surface area contributed by atoms with Crippen LogP contribution in [0.3, 0.4) is 0 Å². The fourth-order valence-electron chi connectivity index (χ4n) is 2.91. The minimum atomic E-state index is -0.0156. The molecule has 1 aliphatic carbocycles. The highest BCUT2D eigenvalue weighted by Gasteiger charge is 2.38. The van der Waals surface area contributed by atoms with Gasteiger partial charge in [-0.25, -0.2) is 0 Å². The normalized spacial score (nSPS) is 22.4. The maximum atomic E-state index is 6.45. The lowest BCUT2D eigenvalue weighted by molar-refractivity contribution is -0.0847. The third-order valence-corrected chi connectivity index (χ3v) is 4.01. The predicted molar refractivity (Wildman–Crippen MR) is 74.1 cm³/mol. The van der Waals surface area contributed by atoms with Crippen molar-refractivity contribution >= 4 is 0 Å². The average molecular weight is 241 g/mol. The molecule has 1 saturated carbocycles. The highest BCUT2D eigenvalue weighted by Crippen LogP contribution is 2.36. The van der Waals surface area contributed by atoms with Crippen molar-refractivity contribution in [2.24, 2.45) is 11.1 Å². The van der Waals surface area contributed by atoms with Crippen molar-refractivity contribution < 1.29 is 4.74 Å². The van der Waals surface area contributed by atoms with Crippen LogP contribution in [0.1, 0.15) is 72.6 Å². The van der Waals surface area contributed by atoms with Gasteiger partial charge >= 0.3 is 0 Å².